The molecule has 3 unspecified atom stereocenters. The molecule has 0 spiro atoms. The van der Waals surface area contributed by atoms with Gasteiger partial charge in [-0.05, 0) is 25.5 Å². The fraction of sp³-hybridized carbons (Fsp3) is 0.533. The molecule has 3 atom stereocenters. The van der Waals surface area contributed by atoms with Gasteiger partial charge in [-0.15, -0.1) is 0 Å². The van der Waals surface area contributed by atoms with Crippen molar-refractivity contribution in [2.75, 3.05) is 13.7 Å². The lowest BCUT2D eigenvalue weighted by molar-refractivity contribution is -0.159. The molecule has 1 aliphatic heterocycles. The second-order valence-electron chi connectivity index (χ2n) is 5.99. The molecule has 1 fully saturated rings. The summed E-state index contributed by atoms with van der Waals surface area (Å²) in [5.74, 6) is -1.98. The van der Waals surface area contributed by atoms with E-state index in [9.17, 15) is 21.6 Å². The Hall–Kier alpha value is -2.25. The molecule has 2 aromatic heterocycles. The number of nitrogens with zero attached hydrogens (tertiary/aromatic N) is 3. The van der Waals surface area contributed by atoms with Crippen LogP contribution in [-0.4, -0.2) is 54.1 Å². The summed E-state index contributed by atoms with van der Waals surface area (Å²) >= 11 is 0. The first-order chi connectivity index (χ1) is 13.1. The van der Waals surface area contributed by atoms with Crippen LogP contribution in [0, 0.1) is 0 Å². The number of sulfone groups is 1. The zero-order valence-corrected chi connectivity index (χ0v) is 15.6. The van der Waals surface area contributed by atoms with Crippen molar-refractivity contribution in [3.63, 3.8) is 0 Å². The summed E-state index contributed by atoms with van der Waals surface area (Å²) in [6, 6.07) is 2.86. The smallest absolute Gasteiger partial charge is 0.471 e. The van der Waals surface area contributed by atoms with Crippen molar-refractivity contribution >= 4 is 9.84 Å². The standard InChI is InChI=1S/C15H17F3N4O5S/c1-8(25-2)28(23,24)13-10(5-7-20-13)26-12-9(4-3-6-19-12)11-21-14(27-22-11)15(16,17)18/h3-4,6,8,10,13,20H,5,7H2,1-2H3. The van der Waals surface area contributed by atoms with Gasteiger partial charge in [0.25, 0.3) is 0 Å². The van der Waals surface area contributed by atoms with Gasteiger partial charge in [-0.3, -0.25) is 5.32 Å². The number of halogens is 3. The second-order valence-corrected chi connectivity index (χ2v) is 8.34. The number of hydrogen-bond donors (Lipinski definition) is 1. The van der Waals surface area contributed by atoms with E-state index in [-0.39, 0.29) is 17.3 Å². The van der Waals surface area contributed by atoms with E-state index in [1.165, 1.54) is 32.4 Å². The molecular formula is C15H17F3N4O5S. The van der Waals surface area contributed by atoms with E-state index >= 15 is 0 Å². The third-order valence-corrected chi connectivity index (χ3v) is 6.50. The van der Waals surface area contributed by atoms with Crippen LogP contribution >= 0.6 is 0 Å². The maximum absolute atomic E-state index is 12.7. The molecule has 0 saturated carbocycles. The Bertz CT molecular complexity index is 934. The lowest BCUT2D eigenvalue weighted by atomic mass is 10.2. The minimum Gasteiger partial charge on any atom is -0.471 e. The summed E-state index contributed by atoms with van der Waals surface area (Å²) in [6.45, 7) is 1.77. The monoisotopic (exact) mass is 422 g/mol. The zero-order valence-electron chi connectivity index (χ0n) is 14.8. The number of methoxy groups -OCH3 is 1. The molecule has 0 aromatic carbocycles. The molecule has 3 rings (SSSR count). The van der Waals surface area contributed by atoms with Crippen LogP contribution in [0.25, 0.3) is 11.4 Å². The van der Waals surface area contributed by atoms with E-state index in [2.05, 4.69) is 25.0 Å². The van der Waals surface area contributed by atoms with Gasteiger partial charge in [-0.1, -0.05) is 5.16 Å². The highest BCUT2D eigenvalue weighted by molar-refractivity contribution is 7.92. The Morgan fingerprint density at radius 3 is 2.79 bits per heavy atom. The highest BCUT2D eigenvalue weighted by Gasteiger charge is 2.43. The fourth-order valence-electron chi connectivity index (χ4n) is 2.69. The lowest BCUT2D eigenvalue weighted by Gasteiger charge is -2.23. The van der Waals surface area contributed by atoms with E-state index in [0.717, 1.165) is 0 Å². The zero-order chi connectivity index (χ0) is 20.5. The molecule has 1 aliphatic rings. The molecule has 28 heavy (non-hydrogen) atoms. The molecule has 1 N–H and O–H groups in total. The minimum atomic E-state index is -4.79. The Morgan fingerprint density at radius 2 is 2.14 bits per heavy atom. The van der Waals surface area contributed by atoms with Gasteiger partial charge in [0.2, 0.25) is 11.7 Å². The summed E-state index contributed by atoms with van der Waals surface area (Å²) in [7, 11) is -2.46. The van der Waals surface area contributed by atoms with Crippen molar-refractivity contribution in [1.82, 2.24) is 20.4 Å². The van der Waals surface area contributed by atoms with Gasteiger partial charge in [-0.25, -0.2) is 13.4 Å². The second kappa shape index (κ2) is 7.64. The summed E-state index contributed by atoms with van der Waals surface area (Å²) in [5, 5.41) is 5.10. The van der Waals surface area contributed by atoms with Crippen LogP contribution in [-0.2, 0) is 20.8 Å². The molecule has 3 heterocycles. The first kappa shape index (κ1) is 20.5. The topological polar surface area (TPSA) is 116 Å². The Labute approximate surface area is 158 Å². The number of ether oxygens (including phenoxy) is 2. The third kappa shape index (κ3) is 3.95. The number of nitrogens with one attached hydrogen (secondary N) is 1. The highest BCUT2D eigenvalue weighted by Crippen LogP contribution is 2.33. The third-order valence-electron chi connectivity index (χ3n) is 4.20. The van der Waals surface area contributed by atoms with Gasteiger partial charge in [0.15, 0.2) is 20.6 Å². The van der Waals surface area contributed by atoms with E-state index in [0.29, 0.717) is 13.0 Å². The molecule has 13 heteroatoms. The predicted molar refractivity (Wildman–Crippen MR) is 88.7 cm³/mol. The molecule has 2 aromatic rings. The van der Waals surface area contributed by atoms with Crippen molar-refractivity contribution in [2.45, 2.75) is 36.4 Å². The number of hydrogen-bond acceptors (Lipinski definition) is 9. The lowest BCUT2D eigenvalue weighted by Crippen LogP contribution is -2.45. The van der Waals surface area contributed by atoms with E-state index in [1.807, 2.05) is 0 Å². The average molecular weight is 422 g/mol. The quantitative estimate of drug-likeness (QED) is 0.741. The maximum Gasteiger partial charge on any atom is 0.471 e. The first-order valence-electron chi connectivity index (χ1n) is 8.16. The number of rotatable bonds is 6. The van der Waals surface area contributed by atoms with Crippen LogP contribution in [0.4, 0.5) is 13.2 Å². The molecule has 0 aliphatic carbocycles. The Balaban J connectivity index is 1.89. The average Bonchev–Trinajstić information content (AvgIpc) is 3.31. The van der Waals surface area contributed by atoms with Crippen molar-refractivity contribution in [1.29, 1.82) is 0 Å². The molecule has 154 valence electrons. The minimum absolute atomic E-state index is 0.0459. The first-order valence-corrected chi connectivity index (χ1v) is 9.77. The Morgan fingerprint density at radius 1 is 1.39 bits per heavy atom. The van der Waals surface area contributed by atoms with E-state index in [1.54, 1.807) is 0 Å². The molecule has 9 nitrogen and oxygen atoms in total. The van der Waals surface area contributed by atoms with Crippen LogP contribution in [0.5, 0.6) is 5.88 Å². The van der Waals surface area contributed by atoms with Crippen LogP contribution < -0.4 is 10.1 Å². The van der Waals surface area contributed by atoms with Crippen LogP contribution in [0.2, 0.25) is 0 Å². The SMILES string of the molecule is COC(C)S(=O)(=O)C1NCCC1Oc1ncccc1-c1noc(C(F)(F)F)n1. The van der Waals surface area contributed by atoms with Crippen LogP contribution in [0.1, 0.15) is 19.2 Å². The number of pyridine rings is 1. The summed E-state index contributed by atoms with van der Waals surface area (Å²) in [4.78, 5) is 7.31. The molecule has 0 radical (unpaired) electrons. The summed E-state index contributed by atoms with van der Waals surface area (Å²) < 4.78 is 78.2. The van der Waals surface area contributed by atoms with Crippen LogP contribution in [0.15, 0.2) is 22.9 Å². The fourth-order valence-corrected chi connectivity index (χ4v) is 4.33. The summed E-state index contributed by atoms with van der Waals surface area (Å²) in [5.41, 5.74) is -1.02. The van der Waals surface area contributed by atoms with Crippen molar-refractivity contribution in [3.8, 4) is 17.3 Å². The number of alkyl halides is 3. The largest absolute Gasteiger partial charge is 0.471 e. The Kier molecular flexibility index (Phi) is 5.59. The molecule has 1 saturated heterocycles. The molecule has 0 bridgehead atoms. The van der Waals surface area contributed by atoms with Gasteiger partial charge in [0, 0.05) is 19.9 Å². The molecular weight excluding hydrogens is 405 g/mol. The van der Waals surface area contributed by atoms with Crippen LogP contribution in [0.3, 0.4) is 0 Å². The van der Waals surface area contributed by atoms with Gasteiger partial charge >= 0.3 is 12.1 Å². The van der Waals surface area contributed by atoms with E-state index < -0.39 is 38.8 Å². The van der Waals surface area contributed by atoms with Gasteiger partial charge < -0.3 is 14.0 Å². The highest BCUT2D eigenvalue weighted by atomic mass is 32.2. The molecule has 0 amide bonds. The predicted octanol–water partition coefficient (Wildman–Crippen LogP) is 1.62. The number of aromatic nitrogens is 3. The van der Waals surface area contributed by atoms with Gasteiger partial charge in [-0.2, -0.15) is 18.2 Å². The van der Waals surface area contributed by atoms with Crippen molar-refractivity contribution < 1.29 is 35.6 Å². The van der Waals surface area contributed by atoms with Gasteiger partial charge in [0.05, 0.1) is 5.56 Å². The van der Waals surface area contributed by atoms with E-state index in [4.69, 9.17) is 9.47 Å². The van der Waals surface area contributed by atoms with Crippen molar-refractivity contribution in [3.05, 3.63) is 24.2 Å². The van der Waals surface area contributed by atoms with Crippen molar-refractivity contribution in [2.24, 2.45) is 0 Å². The summed E-state index contributed by atoms with van der Waals surface area (Å²) in [6.07, 6.45) is -3.92. The van der Waals surface area contributed by atoms with Gasteiger partial charge in [0.1, 0.15) is 6.10 Å². The maximum atomic E-state index is 12.7. The normalized spacial score (nSPS) is 21.6.